The van der Waals surface area contributed by atoms with E-state index in [1.807, 2.05) is 29.4 Å². The number of carbonyl (C=O) groups excluding carboxylic acids is 2. The fraction of sp³-hybridized carbons (Fsp3) is 0.304. The summed E-state index contributed by atoms with van der Waals surface area (Å²) in [5.41, 5.74) is 8.25. The maximum atomic E-state index is 13.4. The lowest BCUT2D eigenvalue weighted by molar-refractivity contribution is -0.140. The van der Waals surface area contributed by atoms with Gasteiger partial charge in [0.25, 0.3) is 0 Å². The first kappa shape index (κ1) is 23.1. The first-order chi connectivity index (χ1) is 16.0. The van der Waals surface area contributed by atoms with Crippen molar-refractivity contribution in [2.24, 2.45) is 0 Å². The summed E-state index contributed by atoms with van der Waals surface area (Å²) in [5, 5.41) is 4.26. The maximum absolute atomic E-state index is 13.4. The second-order valence-electron chi connectivity index (χ2n) is 7.80. The highest BCUT2D eigenvalue weighted by atomic mass is 35.5. The van der Waals surface area contributed by atoms with Crippen molar-refractivity contribution < 1.29 is 9.59 Å². The summed E-state index contributed by atoms with van der Waals surface area (Å²) in [5.74, 6) is 1.16. The molecule has 1 atom stereocenters. The number of nitrogens with zero attached hydrogens (tertiary/aromatic N) is 4. The zero-order valence-electron chi connectivity index (χ0n) is 18.2. The number of amides is 3. The molecule has 1 aromatic heterocycles. The van der Waals surface area contributed by atoms with Crippen LogP contribution >= 0.6 is 23.4 Å². The minimum atomic E-state index is -0.517. The van der Waals surface area contributed by atoms with Gasteiger partial charge in [-0.3, -0.25) is 4.79 Å². The summed E-state index contributed by atoms with van der Waals surface area (Å²) < 4.78 is 0. The molecular weight excluding hydrogens is 460 g/mol. The third-order valence-corrected chi connectivity index (χ3v) is 6.54. The molecule has 1 aliphatic heterocycles. The number of anilines is 2. The van der Waals surface area contributed by atoms with Gasteiger partial charge in [0.2, 0.25) is 5.91 Å². The number of nitrogen functional groups attached to an aromatic ring is 1. The van der Waals surface area contributed by atoms with E-state index in [0.29, 0.717) is 42.6 Å². The number of thioether (sulfide) groups is 1. The quantitative estimate of drug-likeness (QED) is 0.550. The number of aromatic nitrogens is 2. The van der Waals surface area contributed by atoms with Crippen LogP contribution in [0.15, 0.2) is 48.8 Å². The van der Waals surface area contributed by atoms with Crippen molar-refractivity contribution in [3.63, 3.8) is 0 Å². The molecule has 33 heavy (non-hydrogen) atoms. The molecule has 0 spiro atoms. The second kappa shape index (κ2) is 10.3. The monoisotopic (exact) mass is 484 g/mol. The molecule has 10 heteroatoms. The average molecular weight is 485 g/mol. The van der Waals surface area contributed by atoms with Crippen LogP contribution < -0.4 is 11.1 Å². The number of benzene rings is 2. The van der Waals surface area contributed by atoms with Crippen LogP contribution in [0, 0.1) is 0 Å². The molecule has 3 amide bonds. The van der Waals surface area contributed by atoms with E-state index in [1.165, 1.54) is 6.33 Å². The van der Waals surface area contributed by atoms with Crippen molar-refractivity contribution in [1.82, 2.24) is 19.8 Å². The minimum Gasteiger partial charge on any atom is -0.383 e. The Bertz CT molecular complexity index is 1160. The summed E-state index contributed by atoms with van der Waals surface area (Å²) in [6.07, 6.45) is 4.01. The smallest absolute Gasteiger partial charge is 0.322 e. The Morgan fingerprint density at radius 3 is 2.76 bits per heavy atom. The molecule has 0 bridgehead atoms. The number of piperazine rings is 1. The van der Waals surface area contributed by atoms with E-state index >= 15 is 0 Å². The lowest BCUT2D eigenvalue weighted by Gasteiger charge is -2.40. The number of urea groups is 1. The molecule has 2 heterocycles. The van der Waals surface area contributed by atoms with Crippen molar-refractivity contribution in [2.45, 2.75) is 19.0 Å². The molecule has 172 valence electrons. The van der Waals surface area contributed by atoms with E-state index in [9.17, 15) is 9.59 Å². The second-order valence-corrected chi connectivity index (χ2v) is 9.22. The fourth-order valence-corrected chi connectivity index (χ4v) is 4.50. The normalized spacial score (nSPS) is 16.3. The topological polar surface area (TPSA) is 104 Å². The molecule has 2 aromatic carbocycles. The molecule has 0 unspecified atom stereocenters. The van der Waals surface area contributed by atoms with Gasteiger partial charge in [-0.1, -0.05) is 17.7 Å². The van der Waals surface area contributed by atoms with Crippen LogP contribution in [0.2, 0.25) is 5.02 Å². The summed E-state index contributed by atoms with van der Waals surface area (Å²) in [4.78, 5) is 38.1. The van der Waals surface area contributed by atoms with Gasteiger partial charge in [-0.25, -0.2) is 14.8 Å². The van der Waals surface area contributed by atoms with Crippen molar-refractivity contribution in [2.75, 3.05) is 36.1 Å². The van der Waals surface area contributed by atoms with Crippen LogP contribution in [-0.4, -0.2) is 62.8 Å². The molecule has 1 saturated heterocycles. The molecule has 8 nitrogen and oxygen atoms in total. The number of hydrogen-bond acceptors (Lipinski definition) is 6. The van der Waals surface area contributed by atoms with E-state index in [0.717, 1.165) is 22.2 Å². The number of carbonyl (C=O) groups is 2. The number of nitrogens with two attached hydrogens (primary N) is 1. The van der Waals surface area contributed by atoms with Gasteiger partial charge in [0.1, 0.15) is 18.2 Å². The van der Waals surface area contributed by atoms with Crippen molar-refractivity contribution >= 4 is 57.7 Å². The van der Waals surface area contributed by atoms with Crippen LogP contribution in [0.25, 0.3) is 10.9 Å². The predicted molar refractivity (Wildman–Crippen MR) is 133 cm³/mol. The molecule has 1 aliphatic rings. The Labute approximate surface area is 201 Å². The van der Waals surface area contributed by atoms with E-state index in [2.05, 4.69) is 15.3 Å². The lowest BCUT2D eigenvalue weighted by atomic mass is 10.1. The first-order valence-electron chi connectivity index (χ1n) is 10.6. The third-order valence-electron chi connectivity index (χ3n) is 5.64. The van der Waals surface area contributed by atoms with E-state index < -0.39 is 6.04 Å². The highest BCUT2D eigenvalue weighted by Gasteiger charge is 2.37. The SMILES string of the molecule is CSCC[C@H]1C(=O)N(Cc2ccc3c(N)ncnc3c2)CCN1C(=O)Nc1ccc(Cl)cc1. The van der Waals surface area contributed by atoms with Crippen molar-refractivity contribution in [1.29, 1.82) is 0 Å². The zero-order valence-corrected chi connectivity index (χ0v) is 19.8. The number of rotatable bonds is 6. The average Bonchev–Trinajstić information content (AvgIpc) is 2.81. The van der Waals surface area contributed by atoms with Gasteiger partial charge in [0, 0.05) is 35.7 Å². The van der Waals surface area contributed by atoms with Gasteiger partial charge in [-0.05, 0) is 60.4 Å². The van der Waals surface area contributed by atoms with E-state index in [4.69, 9.17) is 17.3 Å². The highest BCUT2D eigenvalue weighted by molar-refractivity contribution is 7.98. The van der Waals surface area contributed by atoms with Crippen LogP contribution in [0.5, 0.6) is 0 Å². The zero-order chi connectivity index (χ0) is 23.4. The Hall–Kier alpha value is -3.04. The molecule has 4 rings (SSSR count). The van der Waals surface area contributed by atoms with Crippen molar-refractivity contribution in [3.05, 3.63) is 59.4 Å². The first-order valence-corrected chi connectivity index (χ1v) is 12.3. The van der Waals surface area contributed by atoms with Crippen LogP contribution in [0.1, 0.15) is 12.0 Å². The van der Waals surface area contributed by atoms with E-state index in [-0.39, 0.29) is 11.9 Å². The lowest BCUT2D eigenvalue weighted by Crippen LogP contribution is -2.59. The largest absolute Gasteiger partial charge is 0.383 e. The van der Waals surface area contributed by atoms with Gasteiger partial charge >= 0.3 is 6.03 Å². The Morgan fingerprint density at radius 1 is 1.21 bits per heavy atom. The fourth-order valence-electron chi connectivity index (χ4n) is 3.92. The number of halogens is 1. The standard InChI is InChI=1S/C23H25ClN6O2S/c1-33-11-8-20-22(31)29(13-15-2-7-18-19(12-15)26-14-27-21(18)25)9-10-30(20)23(32)28-17-5-3-16(24)4-6-17/h2-7,12,14,20H,8-11,13H2,1H3,(H,28,32)(H2,25,26,27)/t20-/m0/s1. The van der Waals surface area contributed by atoms with Crippen LogP contribution in [-0.2, 0) is 11.3 Å². The molecular formula is C23H25ClN6O2S. The van der Waals surface area contributed by atoms with Crippen LogP contribution in [0.4, 0.5) is 16.3 Å². The molecule has 3 N–H and O–H groups in total. The van der Waals surface area contributed by atoms with Crippen molar-refractivity contribution in [3.8, 4) is 0 Å². The third kappa shape index (κ3) is 5.31. The molecule has 0 aliphatic carbocycles. The van der Waals surface area contributed by atoms with Crippen LogP contribution in [0.3, 0.4) is 0 Å². The molecule has 3 aromatic rings. The Balaban J connectivity index is 1.49. The number of nitrogens with one attached hydrogen (secondary N) is 1. The summed E-state index contributed by atoms with van der Waals surface area (Å²) in [6.45, 7) is 1.35. The summed E-state index contributed by atoms with van der Waals surface area (Å²) in [6, 6.07) is 11.9. The number of hydrogen-bond donors (Lipinski definition) is 2. The summed E-state index contributed by atoms with van der Waals surface area (Å²) >= 11 is 7.58. The molecule has 1 fully saturated rings. The van der Waals surface area contributed by atoms with Gasteiger partial charge in [0.05, 0.1) is 5.52 Å². The van der Waals surface area contributed by atoms with Gasteiger partial charge < -0.3 is 20.9 Å². The maximum Gasteiger partial charge on any atom is 0.322 e. The Kier molecular flexibility index (Phi) is 7.20. The van der Waals surface area contributed by atoms with Gasteiger partial charge in [-0.15, -0.1) is 0 Å². The predicted octanol–water partition coefficient (Wildman–Crippen LogP) is 3.86. The highest BCUT2D eigenvalue weighted by Crippen LogP contribution is 2.23. The number of fused-ring (bicyclic) bond motifs is 1. The minimum absolute atomic E-state index is 0.0520. The Morgan fingerprint density at radius 2 is 2.00 bits per heavy atom. The van der Waals surface area contributed by atoms with Gasteiger partial charge in [0.15, 0.2) is 0 Å². The molecule has 0 saturated carbocycles. The van der Waals surface area contributed by atoms with Gasteiger partial charge in [-0.2, -0.15) is 11.8 Å². The van der Waals surface area contributed by atoms with E-state index in [1.54, 1.807) is 40.9 Å². The molecule has 0 radical (unpaired) electrons. The summed E-state index contributed by atoms with van der Waals surface area (Å²) in [7, 11) is 0.